The molecule has 7 nitrogen and oxygen atoms in total. The number of carbonyl (C=O) groups is 1. The normalized spacial score (nSPS) is 46.5. The van der Waals surface area contributed by atoms with Gasteiger partial charge in [-0.15, -0.1) is 0 Å². The summed E-state index contributed by atoms with van der Waals surface area (Å²) in [5.41, 5.74) is 0. The van der Waals surface area contributed by atoms with Gasteiger partial charge in [-0.25, -0.2) is 0 Å². The summed E-state index contributed by atoms with van der Waals surface area (Å²) in [5.74, 6) is 2.24. The van der Waals surface area contributed by atoms with E-state index in [-0.39, 0.29) is 24.3 Å². The van der Waals surface area contributed by atoms with Crippen molar-refractivity contribution in [1.82, 2.24) is 31.9 Å². The molecule has 6 N–H and O–H groups in total. The number of nitrogens with one attached hydrogen (secondary N) is 6. The smallest absolute Gasteiger partial charge is 0.237 e. The van der Waals surface area contributed by atoms with Crippen molar-refractivity contribution in [2.75, 3.05) is 19.6 Å². The van der Waals surface area contributed by atoms with Crippen molar-refractivity contribution >= 4 is 21.8 Å². The Morgan fingerprint density at radius 1 is 0.909 bits per heavy atom. The molecule has 2 aliphatic carbocycles. The van der Waals surface area contributed by atoms with Crippen molar-refractivity contribution in [3.63, 3.8) is 0 Å². The highest BCUT2D eigenvalue weighted by atomic mass is 79.9. The number of piperidine rings is 1. The molecule has 2 saturated carbocycles. The second kappa shape index (κ2) is 11.2. The summed E-state index contributed by atoms with van der Waals surface area (Å²) in [5, 5.41) is 22.0. The number of hydrogen-bond donors (Lipinski definition) is 6. The summed E-state index contributed by atoms with van der Waals surface area (Å²) < 4.78 is 0. The van der Waals surface area contributed by atoms with E-state index in [4.69, 9.17) is 0 Å². The number of alkyl halides is 1. The van der Waals surface area contributed by atoms with E-state index >= 15 is 0 Å². The molecule has 1 amide bonds. The number of fused-ring (bicyclic) bond motifs is 1. The van der Waals surface area contributed by atoms with Crippen LogP contribution in [0.5, 0.6) is 0 Å². The van der Waals surface area contributed by atoms with E-state index in [1.54, 1.807) is 0 Å². The van der Waals surface area contributed by atoms with Gasteiger partial charge in [-0.05, 0) is 102 Å². The molecule has 10 atom stereocenters. The zero-order valence-corrected chi connectivity index (χ0v) is 21.8. The molecule has 0 aromatic heterocycles. The molecule has 5 fully saturated rings. The first-order valence-electron chi connectivity index (χ1n) is 13.7. The van der Waals surface area contributed by atoms with Crippen LogP contribution in [-0.2, 0) is 4.79 Å². The molecule has 33 heavy (non-hydrogen) atoms. The summed E-state index contributed by atoms with van der Waals surface area (Å²) in [7, 11) is 0. The zero-order valence-electron chi connectivity index (χ0n) is 20.3. The molecule has 3 aliphatic heterocycles. The first-order chi connectivity index (χ1) is 16.0. The van der Waals surface area contributed by atoms with Crippen LogP contribution in [0, 0.1) is 17.8 Å². The Labute approximate surface area is 208 Å². The van der Waals surface area contributed by atoms with Crippen LogP contribution in [0.2, 0.25) is 0 Å². The highest BCUT2D eigenvalue weighted by Crippen LogP contribution is 2.36. The molecule has 5 rings (SSSR count). The Morgan fingerprint density at radius 2 is 1.79 bits per heavy atom. The van der Waals surface area contributed by atoms with Crippen LogP contribution in [0.1, 0.15) is 71.1 Å². The number of carbonyl (C=O) groups excluding carboxylic acids is 1. The lowest BCUT2D eigenvalue weighted by atomic mass is 9.82. The van der Waals surface area contributed by atoms with Crippen LogP contribution in [0.15, 0.2) is 0 Å². The maximum absolute atomic E-state index is 13.1. The van der Waals surface area contributed by atoms with E-state index in [1.165, 1.54) is 51.5 Å². The molecule has 3 saturated heterocycles. The standard InChI is InChI=1S/C25H45BrN6O/c1-15-4-6-19(29-24(33)23-12-17-11-18(26)5-7-20(17)30-23)13-22(15)32-25-28-10-8-21(31-25)16-3-2-9-27-14-16/h15-23,25,27-28,30-32H,2-14H2,1H3,(H,29,33). The first kappa shape index (κ1) is 24.4. The van der Waals surface area contributed by atoms with Crippen LogP contribution in [-0.4, -0.2) is 66.9 Å². The number of rotatable bonds is 5. The SMILES string of the molecule is CC1CCC(NC(=O)C2CC3CC(Br)CCC3N2)CC1NC1NCCC(C2CCCNC2)N1. The molecule has 5 aliphatic rings. The quantitative estimate of drug-likeness (QED) is 0.307. The van der Waals surface area contributed by atoms with Crippen molar-refractivity contribution in [3.05, 3.63) is 0 Å². The molecular formula is C25H45BrN6O. The molecule has 188 valence electrons. The lowest BCUT2D eigenvalue weighted by molar-refractivity contribution is -0.124. The first-order valence-corrected chi connectivity index (χ1v) is 14.6. The number of amides is 1. The van der Waals surface area contributed by atoms with Gasteiger partial charge in [-0.3, -0.25) is 20.7 Å². The monoisotopic (exact) mass is 524 g/mol. The van der Waals surface area contributed by atoms with Crippen LogP contribution < -0.4 is 31.9 Å². The molecule has 0 bridgehead atoms. The summed E-state index contributed by atoms with van der Waals surface area (Å²) >= 11 is 3.79. The average molecular weight is 526 g/mol. The second-order valence-electron chi connectivity index (χ2n) is 11.6. The third-order valence-electron chi connectivity index (χ3n) is 9.20. The van der Waals surface area contributed by atoms with Crippen molar-refractivity contribution in [2.24, 2.45) is 17.8 Å². The molecule has 3 heterocycles. The molecule has 0 spiro atoms. The predicted octanol–water partition coefficient (Wildman–Crippen LogP) is 1.78. The summed E-state index contributed by atoms with van der Waals surface area (Å²) in [6, 6.07) is 1.82. The minimum absolute atomic E-state index is 0.00454. The van der Waals surface area contributed by atoms with E-state index in [2.05, 4.69) is 54.8 Å². The third kappa shape index (κ3) is 6.12. The Kier molecular flexibility index (Phi) is 8.30. The van der Waals surface area contributed by atoms with Gasteiger partial charge in [0, 0.05) is 29.0 Å². The largest absolute Gasteiger partial charge is 0.352 e. The average Bonchev–Trinajstić information content (AvgIpc) is 3.25. The lowest BCUT2D eigenvalue weighted by Gasteiger charge is -2.42. The van der Waals surface area contributed by atoms with Gasteiger partial charge < -0.3 is 16.0 Å². The number of halogens is 1. The maximum atomic E-state index is 13.1. The topological polar surface area (TPSA) is 89.2 Å². The van der Waals surface area contributed by atoms with Gasteiger partial charge in [0.15, 0.2) is 0 Å². The van der Waals surface area contributed by atoms with E-state index in [0.29, 0.717) is 34.8 Å². The van der Waals surface area contributed by atoms with E-state index in [0.717, 1.165) is 38.3 Å². The molecular weight excluding hydrogens is 480 g/mol. The summed E-state index contributed by atoms with van der Waals surface area (Å²) in [6.07, 6.45) is 11.9. The van der Waals surface area contributed by atoms with Gasteiger partial charge >= 0.3 is 0 Å². The lowest BCUT2D eigenvalue weighted by Crippen LogP contribution is -2.66. The molecule has 0 aromatic carbocycles. The van der Waals surface area contributed by atoms with Crippen molar-refractivity contribution in [2.45, 2.75) is 112 Å². The summed E-state index contributed by atoms with van der Waals surface area (Å²) in [4.78, 5) is 13.7. The fourth-order valence-corrected chi connectivity index (χ4v) is 7.88. The molecule has 10 unspecified atom stereocenters. The maximum Gasteiger partial charge on any atom is 0.237 e. The van der Waals surface area contributed by atoms with Crippen LogP contribution in [0.4, 0.5) is 0 Å². The van der Waals surface area contributed by atoms with Crippen molar-refractivity contribution in [3.8, 4) is 0 Å². The van der Waals surface area contributed by atoms with Crippen LogP contribution in [0.25, 0.3) is 0 Å². The van der Waals surface area contributed by atoms with Gasteiger partial charge in [-0.2, -0.15) is 0 Å². The third-order valence-corrected chi connectivity index (χ3v) is 10.0. The van der Waals surface area contributed by atoms with Gasteiger partial charge in [0.1, 0.15) is 6.29 Å². The van der Waals surface area contributed by atoms with Crippen molar-refractivity contribution < 1.29 is 4.79 Å². The Bertz CT molecular complexity index is 661. The van der Waals surface area contributed by atoms with E-state index in [1.807, 2.05) is 0 Å². The van der Waals surface area contributed by atoms with Crippen LogP contribution in [0.3, 0.4) is 0 Å². The fourth-order valence-electron chi connectivity index (χ4n) is 7.14. The Hall–Kier alpha value is -0.250. The van der Waals surface area contributed by atoms with Crippen molar-refractivity contribution in [1.29, 1.82) is 0 Å². The van der Waals surface area contributed by atoms with Gasteiger partial charge in [0.25, 0.3) is 0 Å². The van der Waals surface area contributed by atoms with E-state index < -0.39 is 0 Å². The van der Waals surface area contributed by atoms with E-state index in [9.17, 15) is 4.79 Å². The van der Waals surface area contributed by atoms with Crippen LogP contribution >= 0.6 is 15.9 Å². The highest BCUT2D eigenvalue weighted by molar-refractivity contribution is 9.09. The minimum atomic E-state index is -0.00454. The minimum Gasteiger partial charge on any atom is -0.352 e. The van der Waals surface area contributed by atoms with Gasteiger partial charge in [0.2, 0.25) is 5.91 Å². The Balaban J connectivity index is 1.10. The second-order valence-corrected chi connectivity index (χ2v) is 12.9. The fraction of sp³-hybridized carbons (Fsp3) is 0.960. The predicted molar refractivity (Wildman–Crippen MR) is 136 cm³/mol. The molecule has 8 heteroatoms. The molecule has 0 radical (unpaired) electrons. The molecule has 0 aromatic rings. The highest BCUT2D eigenvalue weighted by Gasteiger charge is 2.41. The zero-order chi connectivity index (χ0) is 22.8. The van der Waals surface area contributed by atoms with Gasteiger partial charge in [-0.1, -0.05) is 22.9 Å². The summed E-state index contributed by atoms with van der Waals surface area (Å²) in [6.45, 7) is 5.75. The Morgan fingerprint density at radius 3 is 2.64 bits per heavy atom. The number of hydrogen-bond acceptors (Lipinski definition) is 6. The van der Waals surface area contributed by atoms with Gasteiger partial charge in [0.05, 0.1) is 6.04 Å².